The van der Waals surface area contributed by atoms with Crippen LogP contribution in [0.1, 0.15) is 23.3 Å². The molecule has 0 unspecified atom stereocenters. The first-order valence-electron chi connectivity index (χ1n) is 9.19. The van der Waals surface area contributed by atoms with Crippen molar-refractivity contribution in [1.29, 1.82) is 0 Å². The number of halogens is 1. The highest BCUT2D eigenvalue weighted by Gasteiger charge is 2.32. The number of aliphatic hydroxyl groups excluding tert-OH is 1. The highest BCUT2D eigenvalue weighted by molar-refractivity contribution is 6.31. The van der Waals surface area contributed by atoms with Crippen LogP contribution in [0.3, 0.4) is 0 Å². The van der Waals surface area contributed by atoms with Crippen molar-refractivity contribution < 1.29 is 14.6 Å². The van der Waals surface area contributed by atoms with Gasteiger partial charge < -0.3 is 19.7 Å². The number of hydrogen-bond donors (Lipinski definition) is 2. The van der Waals surface area contributed by atoms with E-state index in [1.165, 1.54) is 0 Å². The van der Waals surface area contributed by atoms with Crippen molar-refractivity contribution in [3.8, 4) is 0 Å². The van der Waals surface area contributed by atoms with E-state index >= 15 is 0 Å². The molecule has 26 heavy (non-hydrogen) atoms. The number of hydrogen-bond acceptors (Lipinski definition) is 4. The van der Waals surface area contributed by atoms with Gasteiger partial charge in [-0.1, -0.05) is 11.6 Å². The fourth-order valence-electron chi connectivity index (χ4n) is 4.00. The second-order valence-electron chi connectivity index (χ2n) is 7.07. The lowest BCUT2D eigenvalue weighted by Crippen LogP contribution is -2.49. The van der Waals surface area contributed by atoms with Crippen molar-refractivity contribution in [1.82, 2.24) is 14.8 Å². The first-order chi connectivity index (χ1) is 12.6. The van der Waals surface area contributed by atoms with Crippen molar-refractivity contribution >= 4 is 28.4 Å². The minimum absolute atomic E-state index is 0.0212. The molecule has 6 nitrogen and oxygen atoms in total. The van der Waals surface area contributed by atoms with Crippen molar-refractivity contribution in [3.63, 3.8) is 0 Å². The number of H-pyrrole nitrogens is 1. The normalized spacial score (nSPS) is 25.4. The summed E-state index contributed by atoms with van der Waals surface area (Å²) in [5.74, 6) is -0.0212. The van der Waals surface area contributed by atoms with E-state index in [-0.39, 0.29) is 11.9 Å². The van der Waals surface area contributed by atoms with Gasteiger partial charge in [-0.15, -0.1) is 0 Å². The van der Waals surface area contributed by atoms with Gasteiger partial charge in [0, 0.05) is 48.1 Å². The molecular formula is C19H24ClN3O3. The molecule has 2 aliphatic heterocycles. The van der Waals surface area contributed by atoms with Crippen LogP contribution in [-0.4, -0.2) is 77.3 Å². The number of likely N-dealkylation sites (tertiary alicyclic amines) is 1. The number of fused-ring (bicyclic) bond motifs is 1. The van der Waals surface area contributed by atoms with Gasteiger partial charge in [0.2, 0.25) is 0 Å². The number of ether oxygens (including phenoxy) is 1. The minimum Gasteiger partial charge on any atom is -0.391 e. The molecule has 1 aromatic carbocycles. The molecule has 140 valence electrons. The van der Waals surface area contributed by atoms with E-state index in [4.69, 9.17) is 16.3 Å². The molecule has 2 aromatic rings. The summed E-state index contributed by atoms with van der Waals surface area (Å²) in [5, 5.41) is 12.2. The van der Waals surface area contributed by atoms with E-state index in [9.17, 15) is 9.90 Å². The maximum absolute atomic E-state index is 12.9. The Morgan fingerprint density at radius 1 is 1.15 bits per heavy atom. The fraction of sp³-hybridized carbons (Fsp3) is 0.526. The number of aromatic nitrogens is 1. The van der Waals surface area contributed by atoms with Crippen molar-refractivity contribution in [2.75, 3.05) is 39.4 Å². The summed E-state index contributed by atoms with van der Waals surface area (Å²) < 4.78 is 5.41. The fourth-order valence-corrected chi connectivity index (χ4v) is 4.18. The molecular weight excluding hydrogens is 354 g/mol. The van der Waals surface area contributed by atoms with E-state index in [2.05, 4.69) is 9.88 Å². The second-order valence-corrected chi connectivity index (χ2v) is 7.50. The Morgan fingerprint density at radius 3 is 2.73 bits per heavy atom. The molecule has 0 spiro atoms. The number of nitrogens with zero attached hydrogens (tertiary/aromatic N) is 2. The zero-order valence-corrected chi connectivity index (χ0v) is 15.4. The molecule has 7 heteroatoms. The average Bonchev–Trinajstić information content (AvgIpc) is 2.97. The summed E-state index contributed by atoms with van der Waals surface area (Å²) in [5.41, 5.74) is 1.47. The molecule has 2 aliphatic rings. The zero-order chi connectivity index (χ0) is 18.1. The lowest BCUT2D eigenvalue weighted by molar-refractivity contribution is -0.0222. The molecule has 1 amide bonds. The predicted octanol–water partition coefficient (Wildman–Crippen LogP) is 2.12. The maximum Gasteiger partial charge on any atom is 0.270 e. The zero-order valence-electron chi connectivity index (χ0n) is 14.7. The van der Waals surface area contributed by atoms with Crippen molar-refractivity contribution in [2.24, 2.45) is 0 Å². The van der Waals surface area contributed by atoms with E-state index in [0.29, 0.717) is 43.4 Å². The molecule has 4 rings (SSSR count). The van der Waals surface area contributed by atoms with Crippen LogP contribution in [0, 0.1) is 0 Å². The number of morpholine rings is 1. The molecule has 1 aromatic heterocycles. The molecule has 2 atom stereocenters. The van der Waals surface area contributed by atoms with Gasteiger partial charge in [-0.05, 0) is 37.1 Å². The standard InChI is InChI=1S/C19H24ClN3O3/c20-14-1-2-15-13(11-14)12-16(21-15)19(25)23-5-3-17(18(24)4-6-23)22-7-9-26-10-8-22/h1-2,11-12,17-18,21,24H,3-10H2/t17-,18-/m0/s1. The molecule has 3 heterocycles. The molecule has 2 saturated heterocycles. The third-order valence-corrected chi connectivity index (χ3v) is 5.68. The number of carbonyl (C=O) groups excluding carboxylic acids is 1. The van der Waals surface area contributed by atoms with Gasteiger partial charge in [-0.3, -0.25) is 9.69 Å². The van der Waals surface area contributed by atoms with Gasteiger partial charge in [0.25, 0.3) is 5.91 Å². The monoisotopic (exact) mass is 377 g/mol. The molecule has 0 saturated carbocycles. The third-order valence-electron chi connectivity index (χ3n) is 5.45. The van der Waals surface area contributed by atoms with Crippen LogP contribution >= 0.6 is 11.6 Å². The summed E-state index contributed by atoms with van der Waals surface area (Å²) in [6, 6.07) is 7.49. The van der Waals surface area contributed by atoms with Crippen LogP contribution in [-0.2, 0) is 4.74 Å². The number of rotatable bonds is 2. The Balaban J connectivity index is 1.47. The number of carbonyl (C=O) groups is 1. The van der Waals surface area contributed by atoms with E-state index < -0.39 is 6.10 Å². The maximum atomic E-state index is 12.9. The summed E-state index contributed by atoms with van der Waals surface area (Å²) in [6.07, 6.45) is 0.964. The van der Waals surface area contributed by atoms with Crippen LogP contribution in [0.15, 0.2) is 24.3 Å². The van der Waals surface area contributed by atoms with Crippen molar-refractivity contribution in [2.45, 2.75) is 25.0 Å². The van der Waals surface area contributed by atoms with Crippen LogP contribution in [0.5, 0.6) is 0 Å². The average molecular weight is 378 g/mol. The molecule has 0 bridgehead atoms. The molecule has 2 N–H and O–H groups in total. The summed E-state index contributed by atoms with van der Waals surface area (Å²) in [4.78, 5) is 20.3. The first kappa shape index (κ1) is 17.8. The Morgan fingerprint density at radius 2 is 1.92 bits per heavy atom. The third kappa shape index (κ3) is 3.60. The minimum atomic E-state index is -0.410. The predicted molar refractivity (Wildman–Crippen MR) is 101 cm³/mol. The van der Waals surface area contributed by atoms with Gasteiger partial charge in [0.05, 0.1) is 19.3 Å². The summed E-state index contributed by atoms with van der Waals surface area (Å²) >= 11 is 6.03. The molecule has 0 radical (unpaired) electrons. The van der Waals surface area contributed by atoms with Gasteiger partial charge in [-0.2, -0.15) is 0 Å². The smallest absolute Gasteiger partial charge is 0.270 e. The number of aromatic amines is 1. The number of benzene rings is 1. The highest BCUT2D eigenvalue weighted by atomic mass is 35.5. The van der Waals surface area contributed by atoms with Gasteiger partial charge in [0.1, 0.15) is 5.69 Å². The number of nitrogens with one attached hydrogen (secondary N) is 1. The van der Waals surface area contributed by atoms with Gasteiger partial charge >= 0.3 is 0 Å². The molecule has 2 fully saturated rings. The van der Waals surface area contributed by atoms with Gasteiger partial charge in [-0.25, -0.2) is 0 Å². The first-order valence-corrected chi connectivity index (χ1v) is 9.57. The van der Waals surface area contributed by atoms with Crippen LogP contribution in [0.25, 0.3) is 10.9 Å². The number of amides is 1. The van der Waals surface area contributed by atoms with E-state index in [1.54, 1.807) is 0 Å². The Kier molecular flexibility index (Phi) is 5.18. The van der Waals surface area contributed by atoms with E-state index in [0.717, 1.165) is 30.4 Å². The lowest BCUT2D eigenvalue weighted by atomic mass is 10.0. The highest BCUT2D eigenvalue weighted by Crippen LogP contribution is 2.23. The topological polar surface area (TPSA) is 68.8 Å². The summed E-state index contributed by atoms with van der Waals surface area (Å²) in [7, 11) is 0. The Bertz CT molecular complexity index is 787. The van der Waals surface area contributed by atoms with Crippen LogP contribution < -0.4 is 0 Å². The largest absolute Gasteiger partial charge is 0.391 e. The van der Waals surface area contributed by atoms with Crippen molar-refractivity contribution in [3.05, 3.63) is 35.0 Å². The second kappa shape index (κ2) is 7.56. The summed E-state index contributed by atoms with van der Waals surface area (Å²) in [6.45, 7) is 4.33. The Hall–Kier alpha value is -1.60. The van der Waals surface area contributed by atoms with Gasteiger partial charge in [0.15, 0.2) is 0 Å². The SMILES string of the molecule is O=C(c1cc2cc(Cl)ccc2[nH]1)N1CC[C@H](O)[C@@H](N2CCOCC2)CC1. The lowest BCUT2D eigenvalue weighted by Gasteiger charge is -2.36. The van der Waals surface area contributed by atoms with E-state index in [1.807, 2.05) is 29.2 Å². The van der Waals surface area contributed by atoms with Crippen LogP contribution in [0.4, 0.5) is 0 Å². The quantitative estimate of drug-likeness (QED) is 0.841. The Labute approximate surface area is 157 Å². The van der Waals surface area contributed by atoms with Crippen LogP contribution in [0.2, 0.25) is 5.02 Å². The number of aliphatic hydroxyl groups is 1. The molecule has 0 aliphatic carbocycles.